The Morgan fingerprint density at radius 3 is 1.14 bits per heavy atom. The highest BCUT2D eigenvalue weighted by molar-refractivity contribution is 7.60. The molecule has 0 aromatic heterocycles. The smallest absolute Gasteiger partial charge is 0.321 e. The minimum atomic E-state index is -4.02. The zero-order valence-electron chi connectivity index (χ0n) is 11.9. The molecular formula is C18H17O3P. The molecule has 0 radical (unpaired) electrons. The normalized spacial score (nSPS) is 10.5. The average Bonchev–Trinajstić information content (AvgIpc) is 2.57. The molecule has 0 spiro atoms. The molecule has 0 bridgehead atoms. The molecule has 112 valence electrons. The topological polar surface area (TPSA) is 57.5 Å². The molecule has 0 fully saturated rings. The molecule has 2 N–H and O–H groups in total. The van der Waals surface area contributed by atoms with E-state index in [1.54, 1.807) is 18.2 Å². The second-order valence-corrected chi connectivity index (χ2v) is 6.22. The van der Waals surface area contributed by atoms with E-state index in [0.29, 0.717) is 0 Å². The SMILES string of the molecule is O=P(O)(O)c1ccccc1.c1ccc(-c2ccccc2)cc1. The van der Waals surface area contributed by atoms with Gasteiger partial charge in [-0.15, -0.1) is 0 Å². The number of benzene rings is 3. The molecule has 0 unspecified atom stereocenters. The minimum absolute atomic E-state index is 0.0648. The lowest BCUT2D eigenvalue weighted by molar-refractivity contribution is 0.387. The first-order chi connectivity index (χ1) is 10.6. The maximum Gasteiger partial charge on any atom is 0.356 e. The van der Waals surface area contributed by atoms with Crippen molar-refractivity contribution in [2.45, 2.75) is 0 Å². The van der Waals surface area contributed by atoms with Crippen molar-refractivity contribution in [2.75, 3.05) is 0 Å². The fourth-order valence-corrected chi connectivity index (χ4v) is 2.44. The van der Waals surface area contributed by atoms with Gasteiger partial charge in [-0.1, -0.05) is 78.9 Å². The molecule has 0 saturated heterocycles. The highest BCUT2D eigenvalue weighted by atomic mass is 31.2. The largest absolute Gasteiger partial charge is 0.356 e. The maximum absolute atomic E-state index is 10.5. The molecule has 3 nitrogen and oxygen atoms in total. The van der Waals surface area contributed by atoms with Gasteiger partial charge in [0.05, 0.1) is 5.30 Å². The van der Waals surface area contributed by atoms with Crippen molar-refractivity contribution in [3.05, 3.63) is 91.0 Å². The molecule has 0 aliphatic heterocycles. The summed E-state index contributed by atoms with van der Waals surface area (Å²) in [5, 5.41) is 0.0648. The van der Waals surface area contributed by atoms with Gasteiger partial charge in [0, 0.05) is 0 Å². The van der Waals surface area contributed by atoms with Gasteiger partial charge in [0.2, 0.25) is 0 Å². The highest BCUT2D eigenvalue weighted by Gasteiger charge is 2.14. The summed E-state index contributed by atoms with van der Waals surface area (Å²) in [5.41, 5.74) is 2.55. The van der Waals surface area contributed by atoms with E-state index in [1.807, 2.05) is 12.1 Å². The molecule has 4 heteroatoms. The summed E-state index contributed by atoms with van der Waals surface area (Å²) in [4.78, 5) is 17.2. The Hall–Kier alpha value is -2.19. The molecule has 0 atom stereocenters. The molecule has 0 heterocycles. The van der Waals surface area contributed by atoms with Crippen LogP contribution in [0.5, 0.6) is 0 Å². The Bertz CT molecular complexity index is 685. The number of hydrogen-bond acceptors (Lipinski definition) is 1. The third kappa shape index (κ3) is 4.97. The van der Waals surface area contributed by atoms with Gasteiger partial charge >= 0.3 is 7.60 Å². The molecule has 3 aromatic rings. The summed E-state index contributed by atoms with van der Waals surface area (Å²) < 4.78 is 10.5. The monoisotopic (exact) mass is 312 g/mol. The molecule has 0 aliphatic rings. The Balaban J connectivity index is 0.000000164. The Kier molecular flexibility index (Phi) is 5.68. The molecular weight excluding hydrogens is 295 g/mol. The third-order valence-corrected chi connectivity index (χ3v) is 3.94. The van der Waals surface area contributed by atoms with Gasteiger partial charge in [-0.25, -0.2) is 0 Å². The van der Waals surface area contributed by atoms with Crippen molar-refractivity contribution in [3.8, 4) is 11.1 Å². The second-order valence-electron chi connectivity index (χ2n) is 4.61. The van der Waals surface area contributed by atoms with Gasteiger partial charge in [-0.05, 0) is 23.3 Å². The van der Waals surface area contributed by atoms with Crippen molar-refractivity contribution >= 4 is 12.9 Å². The minimum Gasteiger partial charge on any atom is -0.321 e. The van der Waals surface area contributed by atoms with E-state index in [1.165, 1.54) is 23.3 Å². The van der Waals surface area contributed by atoms with Gasteiger partial charge in [0.15, 0.2) is 0 Å². The van der Waals surface area contributed by atoms with Crippen LogP contribution in [0.15, 0.2) is 91.0 Å². The molecule has 0 aliphatic carbocycles. The molecule has 22 heavy (non-hydrogen) atoms. The van der Waals surface area contributed by atoms with Crippen molar-refractivity contribution in [3.63, 3.8) is 0 Å². The van der Waals surface area contributed by atoms with Gasteiger partial charge in [-0.3, -0.25) is 4.57 Å². The lowest BCUT2D eigenvalue weighted by Gasteiger charge is -2.00. The van der Waals surface area contributed by atoms with E-state index in [-0.39, 0.29) is 5.30 Å². The second kappa shape index (κ2) is 7.71. The van der Waals surface area contributed by atoms with Crippen LogP contribution in [0.1, 0.15) is 0 Å². The van der Waals surface area contributed by atoms with Gasteiger partial charge in [0.25, 0.3) is 0 Å². The maximum atomic E-state index is 10.5. The van der Waals surface area contributed by atoms with E-state index >= 15 is 0 Å². The highest BCUT2D eigenvalue weighted by Crippen LogP contribution is 2.32. The van der Waals surface area contributed by atoms with E-state index in [4.69, 9.17) is 9.79 Å². The van der Waals surface area contributed by atoms with Crippen molar-refractivity contribution in [1.82, 2.24) is 0 Å². The van der Waals surface area contributed by atoms with Crippen LogP contribution < -0.4 is 5.30 Å². The lowest BCUT2D eigenvalue weighted by atomic mass is 10.1. The van der Waals surface area contributed by atoms with Crippen LogP contribution >= 0.6 is 7.60 Å². The first kappa shape index (κ1) is 16.2. The standard InChI is InChI=1S/C12H10.C6H7O3P/c1-3-7-11(8-4-1)12-9-5-2-6-10-12;7-10(8,9)6-4-2-1-3-5-6/h1-10H;1-5H,(H2,7,8,9). The van der Waals surface area contributed by atoms with E-state index < -0.39 is 7.60 Å². The first-order valence-electron chi connectivity index (χ1n) is 6.79. The fourth-order valence-electron chi connectivity index (χ4n) is 1.88. The van der Waals surface area contributed by atoms with Crippen LogP contribution in [0.2, 0.25) is 0 Å². The third-order valence-electron chi connectivity index (χ3n) is 2.97. The molecule has 0 amide bonds. The van der Waals surface area contributed by atoms with Crippen LogP contribution in [0.3, 0.4) is 0 Å². The summed E-state index contributed by atoms with van der Waals surface area (Å²) in [6, 6.07) is 28.5. The summed E-state index contributed by atoms with van der Waals surface area (Å²) in [7, 11) is -4.02. The Labute approximate surface area is 130 Å². The van der Waals surface area contributed by atoms with E-state index in [0.717, 1.165) is 0 Å². The van der Waals surface area contributed by atoms with Gasteiger partial charge < -0.3 is 9.79 Å². The summed E-state index contributed by atoms with van der Waals surface area (Å²) >= 11 is 0. The van der Waals surface area contributed by atoms with Crippen LogP contribution in [-0.2, 0) is 4.57 Å². The van der Waals surface area contributed by atoms with Gasteiger partial charge in [0.1, 0.15) is 0 Å². The predicted octanol–water partition coefficient (Wildman–Crippen LogP) is 3.84. The number of hydrogen-bond donors (Lipinski definition) is 2. The fraction of sp³-hybridized carbons (Fsp3) is 0. The summed E-state index contributed by atoms with van der Waals surface area (Å²) in [5.74, 6) is 0. The van der Waals surface area contributed by atoms with Crippen LogP contribution in [-0.4, -0.2) is 9.79 Å². The van der Waals surface area contributed by atoms with Crippen LogP contribution in [0, 0.1) is 0 Å². The zero-order valence-corrected chi connectivity index (χ0v) is 12.8. The molecule has 0 saturated carbocycles. The lowest BCUT2D eigenvalue weighted by Crippen LogP contribution is -2.01. The summed E-state index contributed by atoms with van der Waals surface area (Å²) in [6.07, 6.45) is 0. The van der Waals surface area contributed by atoms with Gasteiger partial charge in [-0.2, -0.15) is 0 Å². The predicted molar refractivity (Wildman–Crippen MR) is 90.0 cm³/mol. The van der Waals surface area contributed by atoms with E-state index in [2.05, 4.69) is 48.5 Å². The van der Waals surface area contributed by atoms with Crippen molar-refractivity contribution in [1.29, 1.82) is 0 Å². The van der Waals surface area contributed by atoms with Crippen molar-refractivity contribution < 1.29 is 14.4 Å². The van der Waals surface area contributed by atoms with E-state index in [9.17, 15) is 4.57 Å². The molecule has 3 aromatic carbocycles. The zero-order chi connectivity index (χ0) is 15.8. The number of rotatable bonds is 2. The van der Waals surface area contributed by atoms with Crippen LogP contribution in [0.25, 0.3) is 11.1 Å². The Morgan fingerprint density at radius 2 is 0.864 bits per heavy atom. The first-order valence-corrected chi connectivity index (χ1v) is 8.40. The average molecular weight is 312 g/mol. The molecule has 3 rings (SSSR count). The Morgan fingerprint density at radius 1 is 0.545 bits per heavy atom. The van der Waals surface area contributed by atoms with Crippen LogP contribution in [0.4, 0.5) is 0 Å². The summed E-state index contributed by atoms with van der Waals surface area (Å²) in [6.45, 7) is 0. The van der Waals surface area contributed by atoms with Crippen molar-refractivity contribution in [2.24, 2.45) is 0 Å². The quantitative estimate of drug-likeness (QED) is 0.707.